The average molecular weight is 348 g/mol. The molecule has 0 aliphatic heterocycles. The van der Waals surface area contributed by atoms with Crippen molar-refractivity contribution in [3.05, 3.63) is 39.1 Å². The molecule has 18 heavy (non-hydrogen) atoms. The number of pyridine rings is 1. The lowest BCUT2D eigenvalue weighted by Gasteiger charge is -2.05. The highest BCUT2D eigenvalue weighted by Crippen LogP contribution is 2.22. The predicted molar refractivity (Wildman–Crippen MR) is 74.7 cm³/mol. The Morgan fingerprint density at radius 2 is 2.11 bits per heavy atom. The van der Waals surface area contributed by atoms with Crippen molar-refractivity contribution in [3.63, 3.8) is 0 Å². The molecule has 0 spiro atoms. The molecule has 0 radical (unpaired) electrons. The van der Waals surface area contributed by atoms with Gasteiger partial charge < -0.3 is 5.73 Å². The maximum atomic E-state index is 11.9. The maximum Gasteiger partial charge on any atom is 0.242 e. The van der Waals surface area contributed by atoms with Gasteiger partial charge in [-0.05, 0) is 40.2 Å². The molecule has 2 rings (SSSR count). The van der Waals surface area contributed by atoms with Crippen LogP contribution in [-0.4, -0.2) is 13.4 Å². The molecular weight excluding hydrogens is 338 g/mol. The molecule has 0 bridgehead atoms. The first-order valence-corrected chi connectivity index (χ1v) is 8.02. The van der Waals surface area contributed by atoms with Crippen LogP contribution < -0.4 is 10.5 Å². The molecule has 0 atom stereocenters. The Morgan fingerprint density at radius 1 is 1.33 bits per heavy atom. The summed E-state index contributed by atoms with van der Waals surface area (Å²) in [6.45, 7) is 0.253. The van der Waals surface area contributed by atoms with E-state index in [1.54, 1.807) is 0 Å². The Morgan fingerprint density at radius 3 is 2.67 bits per heavy atom. The van der Waals surface area contributed by atoms with Gasteiger partial charge in [-0.3, -0.25) is 0 Å². The number of nitrogens with zero attached hydrogens (tertiary/aromatic N) is 1. The predicted octanol–water partition coefficient (Wildman–Crippen LogP) is 1.97. The molecule has 2 aromatic rings. The molecule has 0 amide bonds. The number of rotatable bonds is 4. The van der Waals surface area contributed by atoms with Crippen molar-refractivity contribution in [3.8, 4) is 0 Å². The third-order valence-corrected chi connectivity index (χ3v) is 5.14. The Labute approximate surface area is 117 Å². The minimum Gasteiger partial charge on any atom is -0.384 e. The van der Waals surface area contributed by atoms with Gasteiger partial charge in [-0.2, -0.15) is 0 Å². The van der Waals surface area contributed by atoms with Gasteiger partial charge in [0.05, 0.1) is 3.79 Å². The summed E-state index contributed by atoms with van der Waals surface area (Å²) in [5, 5.41) is 0. The van der Waals surface area contributed by atoms with Crippen molar-refractivity contribution < 1.29 is 8.42 Å². The maximum absolute atomic E-state index is 11.9. The fourth-order valence-corrected chi connectivity index (χ4v) is 3.71. The highest BCUT2D eigenvalue weighted by Gasteiger charge is 2.14. The first-order valence-electron chi connectivity index (χ1n) is 4.93. The van der Waals surface area contributed by atoms with Gasteiger partial charge in [-0.1, -0.05) is 0 Å². The molecule has 96 valence electrons. The zero-order valence-electron chi connectivity index (χ0n) is 9.13. The second-order valence-corrected chi connectivity index (χ2v) is 7.76. The normalized spacial score (nSPS) is 11.6. The number of thiophene rings is 1. The molecule has 3 N–H and O–H groups in total. The van der Waals surface area contributed by atoms with E-state index in [4.69, 9.17) is 5.73 Å². The molecule has 8 heteroatoms. The lowest BCUT2D eigenvalue weighted by atomic mass is 10.5. The van der Waals surface area contributed by atoms with E-state index in [0.717, 1.165) is 8.66 Å². The van der Waals surface area contributed by atoms with Crippen LogP contribution in [0.5, 0.6) is 0 Å². The van der Waals surface area contributed by atoms with Crippen LogP contribution in [-0.2, 0) is 16.6 Å². The fraction of sp³-hybridized carbons (Fsp3) is 0.100. The second kappa shape index (κ2) is 5.35. The number of nitrogen functional groups attached to an aromatic ring is 1. The van der Waals surface area contributed by atoms with Gasteiger partial charge in [0.25, 0.3) is 0 Å². The SMILES string of the molecule is Nc1ccc(S(=O)(=O)NCc2ccc(Br)s2)cn1. The molecule has 0 aliphatic rings. The van der Waals surface area contributed by atoms with Gasteiger partial charge in [-0.25, -0.2) is 18.1 Å². The molecule has 0 fully saturated rings. The Balaban J connectivity index is 2.10. The van der Waals surface area contributed by atoms with Crippen molar-refractivity contribution in [1.29, 1.82) is 0 Å². The van der Waals surface area contributed by atoms with Crippen molar-refractivity contribution in [1.82, 2.24) is 9.71 Å². The van der Waals surface area contributed by atoms with E-state index in [1.807, 2.05) is 12.1 Å². The minimum atomic E-state index is -3.54. The number of nitrogens with two attached hydrogens (primary N) is 1. The average Bonchev–Trinajstić information content (AvgIpc) is 2.73. The molecule has 2 aromatic heterocycles. The van der Waals surface area contributed by atoms with Crippen LogP contribution in [0.3, 0.4) is 0 Å². The van der Waals surface area contributed by atoms with E-state index in [1.165, 1.54) is 29.7 Å². The topological polar surface area (TPSA) is 85.1 Å². The Hall–Kier alpha value is -0.960. The Kier molecular flexibility index (Phi) is 4.00. The third kappa shape index (κ3) is 3.29. The van der Waals surface area contributed by atoms with Crippen molar-refractivity contribution in [2.45, 2.75) is 11.4 Å². The van der Waals surface area contributed by atoms with Crippen molar-refractivity contribution in [2.75, 3.05) is 5.73 Å². The highest BCUT2D eigenvalue weighted by molar-refractivity contribution is 9.11. The van der Waals surface area contributed by atoms with E-state index in [2.05, 4.69) is 25.6 Å². The summed E-state index contributed by atoms with van der Waals surface area (Å²) in [6.07, 6.45) is 1.24. The second-order valence-electron chi connectivity index (χ2n) is 3.45. The quantitative estimate of drug-likeness (QED) is 0.885. The molecule has 0 aliphatic carbocycles. The molecule has 0 aromatic carbocycles. The monoisotopic (exact) mass is 347 g/mol. The molecule has 0 saturated carbocycles. The number of hydrogen-bond donors (Lipinski definition) is 2. The molecular formula is C10H10BrN3O2S2. The largest absolute Gasteiger partial charge is 0.384 e. The summed E-state index contributed by atoms with van der Waals surface area (Å²) in [6, 6.07) is 6.61. The zero-order valence-corrected chi connectivity index (χ0v) is 12.3. The lowest BCUT2D eigenvalue weighted by molar-refractivity contribution is 0.581. The van der Waals surface area contributed by atoms with E-state index in [9.17, 15) is 8.42 Å². The molecule has 2 heterocycles. The van der Waals surface area contributed by atoms with Crippen LogP contribution in [0.4, 0.5) is 5.82 Å². The summed E-state index contributed by atoms with van der Waals surface area (Å²) in [7, 11) is -3.54. The third-order valence-electron chi connectivity index (χ3n) is 2.13. The van der Waals surface area contributed by atoms with Gasteiger partial charge in [0.2, 0.25) is 10.0 Å². The number of sulfonamides is 1. The van der Waals surface area contributed by atoms with Gasteiger partial charge in [0, 0.05) is 17.6 Å². The number of nitrogens with one attached hydrogen (secondary N) is 1. The van der Waals surface area contributed by atoms with Crippen LogP contribution in [0.25, 0.3) is 0 Å². The number of aromatic nitrogens is 1. The first kappa shape index (κ1) is 13.5. The van der Waals surface area contributed by atoms with E-state index < -0.39 is 10.0 Å². The number of anilines is 1. The first-order chi connectivity index (χ1) is 8.47. The van der Waals surface area contributed by atoms with Gasteiger partial charge in [0.1, 0.15) is 10.7 Å². The van der Waals surface area contributed by atoms with Gasteiger partial charge >= 0.3 is 0 Å². The fourth-order valence-electron chi connectivity index (χ4n) is 1.25. The zero-order chi connectivity index (χ0) is 13.2. The van der Waals surface area contributed by atoms with Crippen LogP contribution in [0.2, 0.25) is 0 Å². The van der Waals surface area contributed by atoms with Crippen LogP contribution in [0.15, 0.2) is 39.1 Å². The summed E-state index contributed by atoms with van der Waals surface area (Å²) in [4.78, 5) is 4.79. The van der Waals surface area contributed by atoms with E-state index in [0.29, 0.717) is 0 Å². The minimum absolute atomic E-state index is 0.104. The van der Waals surface area contributed by atoms with Crippen molar-refractivity contribution >= 4 is 43.1 Å². The molecule has 0 saturated heterocycles. The summed E-state index contributed by atoms with van der Waals surface area (Å²) in [5.41, 5.74) is 5.41. The number of halogens is 1. The smallest absolute Gasteiger partial charge is 0.242 e. The number of hydrogen-bond acceptors (Lipinski definition) is 5. The Bertz CT molecular complexity index is 637. The van der Waals surface area contributed by atoms with Crippen LogP contribution in [0, 0.1) is 0 Å². The van der Waals surface area contributed by atoms with E-state index >= 15 is 0 Å². The van der Waals surface area contributed by atoms with Gasteiger partial charge in [-0.15, -0.1) is 11.3 Å². The molecule has 0 unspecified atom stereocenters. The van der Waals surface area contributed by atoms with Crippen molar-refractivity contribution in [2.24, 2.45) is 0 Å². The standard InChI is InChI=1S/C10H10BrN3O2S2/c11-9-3-1-7(17-9)5-14-18(15,16)8-2-4-10(12)13-6-8/h1-4,6,14H,5H2,(H2,12,13). The lowest BCUT2D eigenvalue weighted by Crippen LogP contribution is -2.22. The van der Waals surface area contributed by atoms with E-state index in [-0.39, 0.29) is 17.3 Å². The van der Waals surface area contributed by atoms with Crippen LogP contribution >= 0.6 is 27.3 Å². The summed E-state index contributed by atoms with van der Waals surface area (Å²) < 4.78 is 27.3. The summed E-state index contributed by atoms with van der Waals surface area (Å²) >= 11 is 4.80. The highest BCUT2D eigenvalue weighted by atomic mass is 79.9. The molecule has 5 nitrogen and oxygen atoms in total. The van der Waals surface area contributed by atoms with Crippen LogP contribution in [0.1, 0.15) is 4.88 Å². The van der Waals surface area contributed by atoms with Gasteiger partial charge in [0.15, 0.2) is 0 Å². The summed E-state index contributed by atoms with van der Waals surface area (Å²) in [5.74, 6) is 0.288.